The second kappa shape index (κ2) is 6.57. The molecule has 0 spiro atoms. The molecule has 0 aliphatic heterocycles. The maximum absolute atomic E-state index is 12.7. The number of benzene rings is 1. The van der Waals surface area contributed by atoms with E-state index in [4.69, 9.17) is 4.74 Å². The molecule has 0 fully saturated rings. The Morgan fingerprint density at radius 2 is 1.95 bits per heavy atom. The zero-order chi connectivity index (χ0) is 15.4. The van der Waals surface area contributed by atoms with Crippen LogP contribution in [0.25, 0.3) is 0 Å². The summed E-state index contributed by atoms with van der Waals surface area (Å²) in [6, 6.07) is 7.76. The van der Waals surface area contributed by atoms with Crippen molar-refractivity contribution in [3.8, 4) is 5.75 Å². The minimum Gasteiger partial charge on any atom is -0.493 e. The first-order valence-electron chi connectivity index (χ1n) is 7.33. The number of hydrogen-bond acceptors (Lipinski definition) is 3. The maximum atomic E-state index is 12.7. The molecule has 21 heavy (non-hydrogen) atoms. The number of rotatable bonds is 6. The number of ether oxygens (including phenoxy) is 1. The van der Waals surface area contributed by atoms with Crippen molar-refractivity contribution in [2.45, 2.75) is 39.7 Å². The van der Waals surface area contributed by atoms with Gasteiger partial charge in [-0.25, -0.2) is 0 Å². The zero-order valence-corrected chi connectivity index (χ0v) is 13.1. The van der Waals surface area contributed by atoms with Crippen molar-refractivity contribution in [2.75, 3.05) is 7.11 Å². The largest absolute Gasteiger partial charge is 0.493 e. The van der Waals surface area contributed by atoms with Gasteiger partial charge >= 0.3 is 0 Å². The molecular weight excluding hydrogens is 264 g/mol. The average molecular weight is 286 g/mol. The first kappa shape index (κ1) is 15.3. The number of ketones is 1. The van der Waals surface area contributed by atoms with E-state index >= 15 is 0 Å². The van der Waals surface area contributed by atoms with E-state index in [1.54, 1.807) is 18.0 Å². The topological polar surface area (TPSA) is 44.1 Å². The second-order valence-electron chi connectivity index (χ2n) is 5.39. The van der Waals surface area contributed by atoms with Gasteiger partial charge in [-0.3, -0.25) is 9.48 Å². The molecule has 0 atom stereocenters. The van der Waals surface area contributed by atoms with Crippen LogP contribution in [0.4, 0.5) is 0 Å². The summed E-state index contributed by atoms with van der Waals surface area (Å²) in [5.74, 6) is 0.934. The van der Waals surface area contributed by atoms with Gasteiger partial charge in [-0.05, 0) is 17.9 Å². The number of aromatic nitrogens is 2. The Balaban J connectivity index is 2.37. The molecule has 0 saturated heterocycles. The highest BCUT2D eigenvalue weighted by molar-refractivity contribution is 6.09. The van der Waals surface area contributed by atoms with Gasteiger partial charge in [0, 0.05) is 12.1 Å². The van der Waals surface area contributed by atoms with E-state index in [0.717, 1.165) is 6.42 Å². The van der Waals surface area contributed by atoms with Gasteiger partial charge in [0.2, 0.25) is 5.78 Å². The Hall–Kier alpha value is -2.10. The van der Waals surface area contributed by atoms with Crippen molar-refractivity contribution < 1.29 is 9.53 Å². The van der Waals surface area contributed by atoms with Gasteiger partial charge in [0.05, 0.1) is 13.3 Å². The molecule has 2 rings (SSSR count). The molecule has 0 amide bonds. The molecular formula is C17H22N2O2. The summed E-state index contributed by atoms with van der Waals surface area (Å²) in [5, 5.41) is 4.24. The summed E-state index contributed by atoms with van der Waals surface area (Å²) in [4.78, 5) is 12.7. The third-order valence-electron chi connectivity index (χ3n) is 3.52. The molecule has 112 valence electrons. The quantitative estimate of drug-likeness (QED) is 0.761. The van der Waals surface area contributed by atoms with Gasteiger partial charge in [-0.2, -0.15) is 5.10 Å². The Morgan fingerprint density at radius 1 is 1.29 bits per heavy atom. The summed E-state index contributed by atoms with van der Waals surface area (Å²) >= 11 is 0. The average Bonchev–Trinajstić information content (AvgIpc) is 2.90. The van der Waals surface area contributed by atoms with E-state index in [9.17, 15) is 4.79 Å². The minimum absolute atomic E-state index is 0.0480. The highest BCUT2D eigenvalue weighted by atomic mass is 16.5. The van der Waals surface area contributed by atoms with Crippen molar-refractivity contribution >= 4 is 5.78 Å². The Morgan fingerprint density at radius 3 is 2.48 bits per heavy atom. The van der Waals surface area contributed by atoms with E-state index in [1.807, 2.05) is 24.3 Å². The van der Waals surface area contributed by atoms with Crippen molar-refractivity contribution in [2.24, 2.45) is 0 Å². The number of methoxy groups -OCH3 is 1. The van der Waals surface area contributed by atoms with Crippen LogP contribution in [0.1, 0.15) is 54.7 Å². The molecule has 1 heterocycles. The molecule has 1 aromatic carbocycles. The lowest BCUT2D eigenvalue weighted by atomic mass is 9.99. The molecule has 0 saturated carbocycles. The number of carbonyl (C=O) groups is 1. The summed E-state index contributed by atoms with van der Waals surface area (Å²) in [6.45, 7) is 7.03. The van der Waals surface area contributed by atoms with Crippen LogP contribution in [-0.4, -0.2) is 22.7 Å². The van der Waals surface area contributed by atoms with Crippen LogP contribution >= 0.6 is 0 Å². The fourth-order valence-electron chi connectivity index (χ4n) is 2.28. The number of nitrogens with zero attached hydrogens (tertiary/aromatic N) is 2. The molecule has 4 nitrogen and oxygen atoms in total. The van der Waals surface area contributed by atoms with Crippen LogP contribution in [0, 0.1) is 0 Å². The molecule has 0 bridgehead atoms. The van der Waals surface area contributed by atoms with Crippen molar-refractivity contribution in [3.63, 3.8) is 0 Å². The standard InChI is InChI=1S/C17H22N2O2/c1-5-10-19-16(15(21-4)11-18-19)17(20)14-8-6-13(7-9-14)12(2)3/h6-9,11-12H,5,10H2,1-4H3. The smallest absolute Gasteiger partial charge is 0.214 e. The van der Waals surface area contributed by atoms with E-state index in [1.165, 1.54) is 5.56 Å². The first-order valence-corrected chi connectivity index (χ1v) is 7.33. The summed E-state index contributed by atoms with van der Waals surface area (Å²) in [5.41, 5.74) is 2.41. The Kier molecular flexibility index (Phi) is 4.78. The molecule has 1 aromatic heterocycles. The summed E-state index contributed by atoms with van der Waals surface area (Å²) in [7, 11) is 1.56. The molecule has 4 heteroatoms. The van der Waals surface area contributed by atoms with Crippen LogP contribution in [-0.2, 0) is 6.54 Å². The molecule has 0 unspecified atom stereocenters. The number of hydrogen-bond donors (Lipinski definition) is 0. The highest BCUT2D eigenvalue weighted by Gasteiger charge is 2.20. The number of aryl methyl sites for hydroxylation is 1. The highest BCUT2D eigenvalue weighted by Crippen LogP contribution is 2.23. The first-order chi connectivity index (χ1) is 10.1. The fraction of sp³-hybridized carbons (Fsp3) is 0.412. The molecule has 2 aromatic rings. The minimum atomic E-state index is -0.0480. The molecule has 0 aliphatic carbocycles. The normalized spacial score (nSPS) is 10.9. The van der Waals surface area contributed by atoms with Gasteiger partial charge in [-0.15, -0.1) is 0 Å². The maximum Gasteiger partial charge on any atom is 0.214 e. The SMILES string of the molecule is CCCn1ncc(OC)c1C(=O)c1ccc(C(C)C)cc1. The van der Waals surface area contributed by atoms with Crippen LogP contribution in [0.15, 0.2) is 30.5 Å². The van der Waals surface area contributed by atoms with E-state index in [-0.39, 0.29) is 5.78 Å². The third kappa shape index (κ3) is 3.15. The second-order valence-corrected chi connectivity index (χ2v) is 5.39. The van der Waals surface area contributed by atoms with E-state index in [0.29, 0.717) is 29.5 Å². The van der Waals surface area contributed by atoms with Crippen molar-refractivity contribution in [3.05, 3.63) is 47.3 Å². The van der Waals surface area contributed by atoms with Gasteiger partial charge < -0.3 is 4.74 Å². The lowest BCUT2D eigenvalue weighted by molar-refractivity contribution is 0.102. The molecule has 0 radical (unpaired) electrons. The lowest BCUT2D eigenvalue weighted by Crippen LogP contribution is -2.12. The van der Waals surface area contributed by atoms with Gasteiger partial charge in [0.15, 0.2) is 11.4 Å². The van der Waals surface area contributed by atoms with Gasteiger partial charge in [0.25, 0.3) is 0 Å². The van der Waals surface area contributed by atoms with E-state index < -0.39 is 0 Å². The van der Waals surface area contributed by atoms with Crippen LogP contribution in [0.2, 0.25) is 0 Å². The Bertz CT molecular complexity index is 612. The number of carbonyl (C=O) groups excluding carboxylic acids is 1. The molecule has 0 N–H and O–H groups in total. The fourth-order valence-corrected chi connectivity index (χ4v) is 2.28. The van der Waals surface area contributed by atoms with Crippen molar-refractivity contribution in [1.29, 1.82) is 0 Å². The van der Waals surface area contributed by atoms with E-state index in [2.05, 4.69) is 25.9 Å². The van der Waals surface area contributed by atoms with Crippen LogP contribution < -0.4 is 4.74 Å². The Labute approximate surface area is 125 Å². The van der Waals surface area contributed by atoms with Gasteiger partial charge in [-0.1, -0.05) is 45.0 Å². The predicted octanol–water partition coefficient (Wildman–Crippen LogP) is 3.66. The lowest BCUT2D eigenvalue weighted by Gasteiger charge is -2.09. The predicted molar refractivity (Wildman–Crippen MR) is 83.0 cm³/mol. The van der Waals surface area contributed by atoms with Crippen LogP contribution in [0.3, 0.4) is 0 Å². The monoisotopic (exact) mass is 286 g/mol. The van der Waals surface area contributed by atoms with Crippen molar-refractivity contribution in [1.82, 2.24) is 9.78 Å². The molecule has 0 aliphatic rings. The van der Waals surface area contributed by atoms with Gasteiger partial charge in [0.1, 0.15) is 0 Å². The summed E-state index contributed by atoms with van der Waals surface area (Å²) < 4.78 is 6.99. The summed E-state index contributed by atoms with van der Waals surface area (Å²) in [6.07, 6.45) is 2.52. The van der Waals surface area contributed by atoms with Crippen LogP contribution in [0.5, 0.6) is 5.75 Å². The third-order valence-corrected chi connectivity index (χ3v) is 3.52. The zero-order valence-electron chi connectivity index (χ0n) is 13.1.